The van der Waals surface area contributed by atoms with Crippen LogP contribution in [0.4, 0.5) is 0 Å². The van der Waals surface area contributed by atoms with E-state index < -0.39 is 10.0 Å². The Labute approximate surface area is 103 Å². The Kier molecular flexibility index (Phi) is 5.11. The lowest BCUT2D eigenvalue weighted by Crippen LogP contribution is -2.34. The second-order valence-electron chi connectivity index (χ2n) is 4.02. The Balaban J connectivity index is 2.80. The first-order valence-corrected chi connectivity index (χ1v) is 7.34. The Hall–Kier alpha value is -0.910. The van der Waals surface area contributed by atoms with E-state index in [-0.39, 0.29) is 12.3 Å². The third kappa shape index (κ3) is 4.11. The van der Waals surface area contributed by atoms with E-state index in [1.807, 2.05) is 38.1 Å². The molecule has 0 atom stereocenters. The zero-order valence-corrected chi connectivity index (χ0v) is 11.2. The molecule has 0 amide bonds. The largest absolute Gasteiger partial charge is 0.329 e. The molecular formula is C12H20N2O2S. The monoisotopic (exact) mass is 256 g/mol. The minimum atomic E-state index is -3.22. The first-order chi connectivity index (χ1) is 7.99. The van der Waals surface area contributed by atoms with Crippen LogP contribution in [0.2, 0.25) is 0 Å². The molecule has 96 valence electrons. The highest BCUT2D eigenvalue weighted by molar-refractivity contribution is 7.89. The zero-order valence-electron chi connectivity index (χ0n) is 10.4. The highest BCUT2D eigenvalue weighted by Crippen LogP contribution is 2.10. The molecule has 0 radical (unpaired) electrons. The maximum atomic E-state index is 11.9. The third-order valence-electron chi connectivity index (χ3n) is 2.60. The normalized spacial score (nSPS) is 12.0. The van der Waals surface area contributed by atoms with Gasteiger partial charge in [0.05, 0.1) is 5.75 Å². The fourth-order valence-electron chi connectivity index (χ4n) is 1.58. The average Bonchev–Trinajstić information content (AvgIpc) is 2.28. The Morgan fingerprint density at radius 3 is 2.29 bits per heavy atom. The van der Waals surface area contributed by atoms with Gasteiger partial charge in [-0.25, -0.2) is 8.42 Å². The Morgan fingerprint density at radius 1 is 1.24 bits per heavy atom. The van der Waals surface area contributed by atoms with Crippen LogP contribution in [-0.4, -0.2) is 31.6 Å². The van der Waals surface area contributed by atoms with Crippen LogP contribution >= 0.6 is 0 Å². The lowest BCUT2D eigenvalue weighted by molar-refractivity contribution is 0.423. The average molecular weight is 256 g/mol. The van der Waals surface area contributed by atoms with Crippen molar-refractivity contribution >= 4 is 10.0 Å². The summed E-state index contributed by atoms with van der Waals surface area (Å²) in [7, 11) is -3.22. The zero-order chi connectivity index (χ0) is 12.9. The van der Waals surface area contributed by atoms with Gasteiger partial charge in [0.25, 0.3) is 0 Å². The molecule has 1 aromatic rings. The number of rotatable bonds is 6. The van der Waals surface area contributed by atoms with Crippen molar-refractivity contribution in [1.82, 2.24) is 4.31 Å². The van der Waals surface area contributed by atoms with Gasteiger partial charge in [-0.2, -0.15) is 4.31 Å². The number of hydrogen-bond donors (Lipinski definition) is 1. The molecule has 0 aromatic heterocycles. The highest BCUT2D eigenvalue weighted by Gasteiger charge is 2.19. The van der Waals surface area contributed by atoms with Crippen molar-refractivity contribution in [3.05, 3.63) is 35.4 Å². The molecule has 1 rings (SSSR count). The molecule has 17 heavy (non-hydrogen) atoms. The quantitative estimate of drug-likeness (QED) is 0.829. The van der Waals surface area contributed by atoms with Gasteiger partial charge < -0.3 is 5.73 Å². The minimum absolute atomic E-state index is 0.00665. The smallest absolute Gasteiger partial charge is 0.215 e. The first-order valence-electron chi connectivity index (χ1n) is 5.73. The summed E-state index contributed by atoms with van der Waals surface area (Å²) < 4.78 is 25.2. The van der Waals surface area contributed by atoms with Crippen LogP contribution in [0.5, 0.6) is 0 Å². The molecule has 0 aliphatic rings. The summed E-state index contributed by atoms with van der Waals surface area (Å²) in [4.78, 5) is 0. The summed E-state index contributed by atoms with van der Waals surface area (Å²) >= 11 is 0. The molecule has 0 fully saturated rings. The fourth-order valence-corrected chi connectivity index (χ4v) is 2.88. The van der Waals surface area contributed by atoms with Crippen LogP contribution in [0.1, 0.15) is 18.1 Å². The van der Waals surface area contributed by atoms with E-state index in [1.165, 1.54) is 9.87 Å². The molecule has 1 aromatic carbocycles. The minimum Gasteiger partial charge on any atom is -0.329 e. The van der Waals surface area contributed by atoms with Gasteiger partial charge in [-0.1, -0.05) is 36.8 Å². The summed E-state index contributed by atoms with van der Waals surface area (Å²) in [6.45, 7) is 4.89. The Morgan fingerprint density at radius 2 is 1.82 bits per heavy atom. The molecule has 0 unspecified atom stereocenters. The molecule has 0 bridgehead atoms. The van der Waals surface area contributed by atoms with Crippen LogP contribution in [0.3, 0.4) is 0 Å². The number of hydrogen-bond acceptors (Lipinski definition) is 3. The molecule has 0 spiro atoms. The van der Waals surface area contributed by atoms with Gasteiger partial charge in [0.1, 0.15) is 0 Å². The summed E-state index contributed by atoms with van der Waals surface area (Å²) in [6.07, 6.45) is 0. The molecule has 0 aliphatic carbocycles. The summed E-state index contributed by atoms with van der Waals surface area (Å²) in [5, 5.41) is 0. The topological polar surface area (TPSA) is 63.4 Å². The summed E-state index contributed by atoms with van der Waals surface area (Å²) in [5.41, 5.74) is 7.48. The van der Waals surface area contributed by atoms with Gasteiger partial charge in [0, 0.05) is 19.6 Å². The van der Waals surface area contributed by atoms with Crippen molar-refractivity contribution in [1.29, 1.82) is 0 Å². The predicted octanol–water partition coefficient (Wildman–Crippen LogP) is 1.11. The molecule has 2 N–H and O–H groups in total. The van der Waals surface area contributed by atoms with E-state index in [0.29, 0.717) is 13.1 Å². The van der Waals surface area contributed by atoms with E-state index in [4.69, 9.17) is 5.73 Å². The van der Waals surface area contributed by atoms with E-state index in [2.05, 4.69) is 0 Å². The van der Waals surface area contributed by atoms with Gasteiger partial charge in [-0.05, 0) is 12.5 Å². The van der Waals surface area contributed by atoms with Crippen LogP contribution < -0.4 is 5.73 Å². The molecule has 0 saturated carbocycles. The third-order valence-corrected chi connectivity index (χ3v) is 4.53. The van der Waals surface area contributed by atoms with Crippen molar-refractivity contribution in [3.63, 3.8) is 0 Å². The number of nitrogens with zero attached hydrogens (tertiary/aromatic N) is 1. The second kappa shape index (κ2) is 6.14. The molecule has 0 saturated heterocycles. The number of benzene rings is 1. The van der Waals surface area contributed by atoms with Gasteiger partial charge >= 0.3 is 0 Å². The lowest BCUT2D eigenvalue weighted by Gasteiger charge is -2.20. The maximum absolute atomic E-state index is 11.9. The van der Waals surface area contributed by atoms with E-state index in [9.17, 15) is 8.42 Å². The summed E-state index contributed by atoms with van der Waals surface area (Å²) in [5.74, 6) is 0.00665. The fraction of sp³-hybridized carbons (Fsp3) is 0.500. The summed E-state index contributed by atoms with van der Waals surface area (Å²) in [6, 6.07) is 7.88. The van der Waals surface area contributed by atoms with Gasteiger partial charge in [-0.15, -0.1) is 0 Å². The van der Waals surface area contributed by atoms with Crippen molar-refractivity contribution < 1.29 is 8.42 Å². The second-order valence-corrected chi connectivity index (χ2v) is 6.10. The van der Waals surface area contributed by atoms with E-state index >= 15 is 0 Å². The molecular weight excluding hydrogens is 236 g/mol. The van der Waals surface area contributed by atoms with Crippen LogP contribution in [-0.2, 0) is 16.6 Å². The number of aryl methyl sites for hydroxylation is 1. The standard InChI is InChI=1S/C12H20N2O2S/c1-3-14(17(15,16)9-8-13)10-12-6-4-11(2)5-7-12/h4-7H,3,8-10,13H2,1-2H3. The lowest BCUT2D eigenvalue weighted by atomic mass is 10.1. The van der Waals surface area contributed by atoms with Crippen molar-refractivity contribution in [2.24, 2.45) is 5.73 Å². The maximum Gasteiger partial charge on any atom is 0.215 e. The number of sulfonamides is 1. The molecule has 0 heterocycles. The Bertz CT molecular complexity index is 440. The molecule has 4 nitrogen and oxygen atoms in total. The SMILES string of the molecule is CCN(Cc1ccc(C)cc1)S(=O)(=O)CCN. The van der Waals surface area contributed by atoms with Crippen LogP contribution in [0, 0.1) is 6.92 Å². The van der Waals surface area contributed by atoms with Gasteiger partial charge in [0.15, 0.2) is 0 Å². The van der Waals surface area contributed by atoms with Crippen molar-refractivity contribution in [2.75, 3.05) is 18.8 Å². The van der Waals surface area contributed by atoms with E-state index in [1.54, 1.807) is 0 Å². The number of nitrogens with two attached hydrogens (primary N) is 1. The van der Waals surface area contributed by atoms with E-state index in [0.717, 1.165) is 5.56 Å². The van der Waals surface area contributed by atoms with Crippen LogP contribution in [0.15, 0.2) is 24.3 Å². The predicted molar refractivity (Wildman–Crippen MR) is 70.1 cm³/mol. The van der Waals surface area contributed by atoms with Crippen molar-refractivity contribution in [3.8, 4) is 0 Å². The highest BCUT2D eigenvalue weighted by atomic mass is 32.2. The van der Waals surface area contributed by atoms with Gasteiger partial charge in [0.2, 0.25) is 10.0 Å². The van der Waals surface area contributed by atoms with Crippen molar-refractivity contribution in [2.45, 2.75) is 20.4 Å². The first kappa shape index (κ1) is 14.2. The van der Waals surface area contributed by atoms with Crippen LogP contribution in [0.25, 0.3) is 0 Å². The molecule has 5 heteroatoms. The van der Waals surface area contributed by atoms with Gasteiger partial charge in [-0.3, -0.25) is 0 Å². The molecule has 0 aliphatic heterocycles.